The molecular formula is C29H29F3N6O2. The lowest BCUT2D eigenvalue weighted by Crippen LogP contribution is -2.55. The number of hydrogen-bond donors (Lipinski definition) is 0. The van der Waals surface area contributed by atoms with E-state index in [0.29, 0.717) is 31.8 Å². The fourth-order valence-corrected chi connectivity index (χ4v) is 5.73. The van der Waals surface area contributed by atoms with Crippen LogP contribution in [0.15, 0.2) is 67.1 Å². The van der Waals surface area contributed by atoms with Crippen molar-refractivity contribution in [2.75, 3.05) is 36.0 Å². The molecule has 0 radical (unpaired) electrons. The summed E-state index contributed by atoms with van der Waals surface area (Å²) >= 11 is 0. The number of fused-ring (bicyclic) bond motifs is 2. The number of hydrogen-bond acceptors (Lipinski definition) is 6. The number of amides is 1. The van der Waals surface area contributed by atoms with Crippen molar-refractivity contribution < 1.29 is 22.7 Å². The predicted molar refractivity (Wildman–Crippen MR) is 145 cm³/mol. The number of anilines is 2. The van der Waals surface area contributed by atoms with Crippen molar-refractivity contribution >= 4 is 28.4 Å². The molecule has 2 aromatic heterocycles. The number of halogens is 3. The largest absolute Gasteiger partial charge is 0.573 e. The maximum Gasteiger partial charge on any atom is 0.573 e. The van der Waals surface area contributed by atoms with Crippen LogP contribution in [0.25, 0.3) is 11.2 Å². The third-order valence-electron chi connectivity index (χ3n) is 7.65. The molecule has 0 spiro atoms. The van der Waals surface area contributed by atoms with E-state index >= 15 is 0 Å². The minimum Gasteiger partial charge on any atom is -0.406 e. The first kappa shape index (κ1) is 26.0. The Labute approximate surface area is 229 Å². The third-order valence-corrected chi connectivity index (χ3v) is 7.65. The average Bonchev–Trinajstić information content (AvgIpc) is 3.34. The number of carbonyl (C=O) groups is 1. The van der Waals surface area contributed by atoms with Gasteiger partial charge < -0.3 is 24.0 Å². The second-order valence-electron chi connectivity index (χ2n) is 10.2. The Morgan fingerprint density at radius 2 is 1.82 bits per heavy atom. The minimum atomic E-state index is -4.71. The summed E-state index contributed by atoms with van der Waals surface area (Å²) in [6.45, 7) is 5.70. The molecular weight excluding hydrogens is 521 g/mol. The van der Waals surface area contributed by atoms with E-state index in [1.165, 1.54) is 23.3 Å². The minimum absolute atomic E-state index is 0.0146. The predicted octanol–water partition coefficient (Wildman–Crippen LogP) is 4.63. The van der Waals surface area contributed by atoms with Gasteiger partial charge in [0, 0.05) is 56.3 Å². The van der Waals surface area contributed by atoms with E-state index in [1.807, 2.05) is 17.0 Å². The first-order valence-electron chi connectivity index (χ1n) is 13.3. The van der Waals surface area contributed by atoms with E-state index in [2.05, 4.69) is 49.6 Å². The van der Waals surface area contributed by atoms with Crippen LogP contribution < -0.4 is 14.5 Å². The molecule has 208 valence electrons. The summed E-state index contributed by atoms with van der Waals surface area (Å²) < 4.78 is 43.5. The molecule has 2 aliphatic rings. The Hall–Kier alpha value is -4.28. The molecule has 1 unspecified atom stereocenters. The number of aromatic nitrogens is 3. The molecule has 0 bridgehead atoms. The van der Waals surface area contributed by atoms with Gasteiger partial charge in [0.05, 0.1) is 6.33 Å². The highest BCUT2D eigenvalue weighted by atomic mass is 19.4. The molecule has 0 saturated carbocycles. The molecule has 4 heterocycles. The second kappa shape index (κ2) is 10.4. The Bertz CT molecular complexity index is 1520. The molecule has 1 amide bonds. The lowest BCUT2D eigenvalue weighted by atomic mass is 9.96. The Kier molecular flexibility index (Phi) is 6.73. The summed E-state index contributed by atoms with van der Waals surface area (Å²) in [6, 6.07) is 16.1. The summed E-state index contributed by atoms with van der Waals surface area (Å²) in [6.07, 6.45) is -0.511. The van der Waals surface area contributed by atoms with E-state index in [4.69, 9.17) is 0 Å². The number of piperazine rings is 1. The maximum absolute atomic E-state index is 13.2. The summed E-state index contributed by atoms with van der Waals surface area (Å²) in [5.41, 5.74) is 5.94. The number of nitrogens with zero attached hydrogens (tertiary/aromatic N) is 6. The SMILES string of the molecule is CC1CN(c2cccc3c2CN(c2ccc(OC(F)(F)F)cc2)CC3)CCN1C(=O)Cn1cnc2cccnc21. The first-order chi connectivity index (χ1) is 19.2. The van der Waals surface area contributed by atoms with Gasteiger partial charge in [0.25, 0.3) is 0 Å². The molecule has 1 fully saturated rings. The van der Waals surface area contributed by atoms with Crippen LogP contribution in [-0.2, 0) is 24.3 Å². The number of alkyl halides is 3. The van der Waals surface area contributed by atoms with E-state index in [-0.39, 0.29) is 24.2 Å². The zero-order valence-electron chi connectivity index (χ0n) is 22.0. The second-order valence-corrected chi connectivity index (χ2v) is 10.2. The van der Waals surface area contributed by atoms with Crippen LogP contribution >= 0.6 is 0 Å². The van der Waals surface area contributed by atoms with Crippen molar-refractivity contribution in [2.24, 2.45) is 0 Å². The molecule has 1 atom stereocenters. The van der Waals surface area contributed by atoms with E-state index in [0.717, 1.165) is 29.9 Å². The Morgan fingerprint density at radius 3 is 2.60 bits per heavy atom. The third kappa shape index (κ3) is 5.28. The molecule has 1 saturated heterocycles. The van der Waals surface area contributed by atoms with Crippen LogP contribution in [-0.4, -0.2) is 63.9 Å². The molecule has 2 aromatic carbocycles. The zero-order valence-corrected chi connectivity index (χ0v) is 22.0. The van der Waals surface area contributed by atoms with Gasteiger partial charge in [-0.1, -0.05) is 12.1 Å². The normalized spacial score (nSPS) is 17.7. The van der Waals surface area contributed by atoms with Gasteiger partial charge in [0.1, 0.15) is 17.8 Å². The van der Waals surface area contributed by atoms with Crippen LogP contribution in [0.1, 0.15) is 18.1 Å². The van der Waals surface area contributed by atoms with Gasteiger partial charge in [-0.2, -0.15) is 0 Å². The molecule has 40 heavy (non-hydrogen) atoms. The Morgan fingerprint density at radius 1 is 1.00 bits per heavy atom. The van der Waals surface area contributed by atoms with Crippen LogP contribution in [0.3, 0.4) is 0 Å². The average molecular weight is 551 g/mol. The Balaban J connectivity index is 1.14. The number of benzene rings is 2. The summed E-state index contributed by atoms with van der Waals surface area (Å²) in [4.78, 5) is 28.4. The van der Waals surface area contributed by atoms with Crippen molar-refractivity contribution in [1.82, 2.24) is 19.4 Å². The van der Waals surface area contributed by atoms with Crippen LogP contribution in [0.4, 0.5) is 24.5 Å². The maximum atomic E-state index is 13.2. The van der Waals surface area contributed by atoms with Crippen molar-refractivity contribution in [3.8, 4) is 5.75 Å². The van der Waals surface area contributed by atoms with Crippen molar-refractivity contribution in [2.45, 2.75) is 38.8 Å². The van der Waals surface area contributed by atoms with Gasteiger partial charge in [0.2, 0.25) is 5.91 Å². The van der Waals surface area contributed by atoms with Crippen molar-refractivity contribution in [1.29, 1.82) is 0 Å². The molecule has 0 aliphatic carbocycles. The smallest absolute Gasteiger partial charge is 0.406 e. The van der Waals surface area contributed by atoms with Gasteiger partial charge in [0.15, 0.2) is 5.65 Å². The molecule has 2 aliphatic heterocycles. The van der Waals surface area contributed by atoms with Crippen LogP contribution in [0, 0.1) is 0 Å². The fourth-order valence-electron chi connectivity index (χ4n) is 5.73. The lowest BCUT2D eigenvalue weighted by molar-refractivity contribution is -0.274. The van der Waals surface area contributed by atoms with Crippen LogP contribution in [0.2, 0.25) is 0 Å². The number of pyridine rings is 1. The number of carbonyl (C=O) groups excluding carboxylic acids is 1. The molecule has 11 heteroatoms. The molecule has 0 N–H and O–H groups in total. The number of rotatable bonds is 5. The first-order valence-corrected chi connectivity index (χ1v) is 13.3. The van der Waals surface area contributed by atoms with Gasteiger partial charge in [-0.15, -0.1) is 13.2 Å². The monoisotopic (exact) mass is 550 g/mol. The molecule has 6 rings (SSSR count). The van der Waals surface area contributed by atoms with E-state index in [9.17, 15) is 18.0 Å². The van der Waals surface area contributed by atoms with Crippen LogP contribution in [0.5, 0.6) is 5.75 Å². The summed E-state index contributed by atoms with van der Waals surface area (Å²) in [5.74, 6) is -0.190. The van der Waals surface area contributed by atoms with E-state index < -0.39 is 6.36 Å². The summed E-state index contributed by atoms with van der Waals surface area (Å²) in [7, 11) is 0. The van der Waals surface area contributed by atoms with Crippen molar-refractivity contribution in [3.63, 3.8) is 0 Å². The van der Waals surface area contributed by atoms with Gasteiger partial charge >= 0.3 is 6.36 Å². The highest BCUT2D eigenvalue weighted by molar-refractivity contribution is 5.79. The highest BCUT2D eigenvalue weighted by Gasteiger charge is 2.32. The lowest BCUT2D eigenvalue weighted by Gasteiger charge is -2.43. The van der Waals surface area contributed by atoms with Crippen molar-refractivity contribution in [3.05, 3.63) is 78.2 Å². The van der Waals surface area contributed by atoms with Gasteiger partial charge in [-0.25, -0.2) is 9.97 Å². The van der Waals surface area contributed by atoms with Gasteiger partial charge in [-0.05, 0) is 66.9 Å². The topological polar surface area (TPSA) is 66.7 Å². The number of imidazole rings is 1. The van der Waals surface area contributed by atoms with Gasteiger partial charge in [-0.3, -0.25) is 4.79 Å². The summed E-state index contributed by atoms with van der Waals surface area (Å²) in [5, 5.41) is 0. The number of ether oxygens (including phenoxy) is 1. The fraction of sp³-hybridized carbons (Fsp3) is 0.345. The highest BCUT2D eigenvalue weighted by Crippen LogP contribution is 2.34. The quantitative estimate of drug-likeness (QED) is 0.361. The standard InChI is InChI=1S/C29H29F3N6O2/c1-20-16-36(14-15-38(20)27(39)18-37-19-34-25-5-3-12-33-28(25)37)26-6-2-4-21-11-13-35(17-24(21)26)22-7-9-23(10-8-22)40-29(30,31)32/h2-10,12,19-20H,11,13-18H2,1H3. The molecule has 8 nitrogen and oxygen atoms in total. The molecule has 4 aromatic rings. The zero-order chi connectivity index (χ0) is 27.9. The van der Waals surface area contributed by atoms with E-state index in [1.54, 1.807) is 29.2 Å².